The van der Waals surface area contributed by atoms with E-state index >= 15 is 0 Å². The van der Waals surface area contributed by atoms with Gasteiger partial charge in [-0.25, -0.2) is 19.2 Å². The molecule has 0 bridgehead atoms. The third-order valence-electron chi connectivity index (χ3n) is 6.99. The number of carbonyl (C=O) groups excluding carboxylic acids is 3. The van der Waals surface area contributed by atoms with Gasteiger partial charge in [-0.2, -0.15) is 4.57 Å². The second kappa shape index (κ2) is 19.7. The van der Waals surface area contributed by atoms with Gasteiger partial charge in [-0.15, -0.1) is 0 Å². The molecule has 0 aliphatic rings. The fourth-order valence-corrected chi connectivity index (χ4v) is 5.65. The van der Waals surface area contributed by atoms with Crippen molar-refractivity contribution in [2.45, 2.75) is 92.2 Å². The van der Waals surface area contributed by atoms with E-state index < -0.39 is 40.9 Å². The fourth-order valence-electron chi connectivity index (χ4n) is 4.75. The molecule has 300 valence electrons. The van der Waals surface area contributed by atoms with E-state index in [1.807, 2.05) is 78.9 Å². The Balaban J connectivity index is 0.000000237. The first kappa shape index (κ1) is 45.3. The number of anilines is 2. The summed E-state index contributed by atoms with van der Waals surface area (Å²) >= 11 is 6.86. The molecule has 0 saturated heterocycles. The number of benzene rings is 4. The normalized spacial score (nSPS) is 11.3. The molecule has 56 heavy (non-hydrogen) atoms. The predicted molar refractivity (Wildman–Crippen MR) is 227 cm³/mol. The van der Waals surface area contributed by atoms with Crippen LogP contribution >= 0.6 is 31.9 Å². The smallest absolute Gasteiger partial charge is 0.443 e. The highest BCUT2D eigenvalue weighted by atomic mass is 79.9. The molecule has 5 aromatic rings. The molecule has 0 atom stereocenters. The fraction of sp³-hybridized carbons (Fsp3) is 0.333. The number of hydrogen-bond donors (Lipinski definition) is 2. The molecule has 12 nitrogen and oxygen atoms in total. The van der Waals surface area contributed by atoms with Crippen LogP contribution in [0.25, 0.3) is 11.0 Å². The first-order valence-electron chi connectivity index (χ1n) is 17.7. The number of fused-ring (bicyclic) bond motifs is 1. The molecule has 0 saturated carbocycles. The summed E-state index contributed by atoms with van der Waals surface area (Å²) in [7, 11) is 0. The second-order valence-corrected chi connectivity index (χ2v) is 17.1. The number of imidazole rings is 1. The van der Waals surface area contributed by atoms with Crippen molar-refractivity contribution in [1.29, 1.82) is 0 Å². The molecule has 3 N–H and O–H groups in total. The van der Waals surface area contributed by atoms with Gasteiger partial charge in [-0.3, -0.25) is 4.57 Å². The van der Waals surface area contributed by atoms with Crippen LogP contribution in [0.1, 0.15) is 73.4 Å². The number of hydrogen-bond acceptors (Lipinski definition) is 10. The number of ether oxygens (including phenoxy) is 4. The molecule has 0 spiro atoms. The lowest BCUT2D eigenvalue weighted by Gasteiger charge is -2.20. The first-order chi connectivity index (χ1) is 26.0. The van der Waals surface area contributed by atoms with Crippen molar-refractivity contribution in [1.82, 2.24) is 9.13 Å². The first-order valence-corrected chi connectivity index (χ1v) is 19.3. The summed E-state index contributed by atoms with van der Waals surface area (Å²) in [5, 5.41) is 3.32. The lowest BCUT2D eigenvalue weighted by molar-refractivity contribution is -0.0294. The van der Waals surface area contributed by atoms with Crippen molar-refractivity contribution < 1.29 is 33.3 Å². The SMILES string of the molecule is CC(C)(C)OC(=O)OC(=O)OC(C)(C)C.CC(C)(C)OC(=O)n1c(=O)n(Cc2ccccc2)c2cccc(Br)c21.Nc1c(Br)cccc1NCc1ccccc1. The van der Waals surface area contributed by atoms with Crippen LogP contribution in [0.4, 0.5) is 25.8 Å². The Morgan fingerprint density at radius 1 is 0.643 bits per heavy atom. The highest BCUT2D eigenvalue weighted by Crippen LogP contribution is 2.28. The van der Waals surface area contributed by atoms with Gasteiger partial charge in [0.2, 0.25) is 0 Å². The van der Waals surface area contributed by atoms with Crippen LogP contribution in [0, 0.1) is 0 Å². The molecule has 0 unspecified atom stereocenters. The van der Waals surface area contributed by atoms with Gasteiger partial charge in [0.1, 0.15) is 16.8 Å². The molecule has 14 heteroatoms. The van der Waals surface area contributed by atoms with E-state index in [0.29, 0.717) is 22.1 Å². The van der Waals surface area contributed by atoms with Gasteiger partial charge in [0.05, 0.1) is 29.0 Å². The summed E-state index contributed by atoms with van der Waals surface area (Å²) in [6.07, 6.45) is -2.80. The summed E-state index contributed by atoms with van der Waals surface area (Å²) in [5.74, 6) is 0. The van der Waals surface area contributed by atoms with E-state index in [4.69, 9.17) is 19.9 Å². The lowest BCUT2D eigenvalue weighted by atomic mass is 10.2. The predicted octanol–water partition coefficient (Wildman–Crippen LogP) is 10.9. The molecular formula is C42H50Br2N4O8. The quantitative estimate of drug-likeness (QED) is 0.0754. The molecule has 1 aromatic heterocycles. The zero-order valence-corrected chi connectivity index (χ0v) is 36.3. The van der Waals surface area contributed by atoms with Crippen LogP contribution in [0.3, 0.4) is 0 Å². The Hall–Kier alpha value is -5.08. The maximum Gasteiger partial charge on any atom is 0.519 e. The molecule has 0 aliphatic heterocycles. The minimum Gasteiger partial charge on any atom is -0.443 e. The van der Waals surface area contributed by atoms with Crippen LogP contribution in [-0.4, -0.2) is 44.3 Å². The van der Waals surface area contributed by atoms with Crippen LogP contribution < -0.4 is 16.7 Å². The standard InChI is InChI=1S/C19H19BrN2O3.C13H13BrN2.C10H18O5/c1-19(2,3)25-18(24)22-16-14(20)10-7-11-15(16)21(17(22)23)12-13-8-5-4-6-9-13;14-11-7-4-8-12(13(11)15)16-9-10-5-2-1-3-6-10;1-9(2,3)14-7(11)13-8(12)15-10(4,5)6/h4-11H,12H2,1-3H3;1-8,16H,9,15H2;1-6H3. The highest BCUT2D eigenvalue weighted by molar-refractivity contribution is 9.11. The van der Waals surface area contributed by atoms with Gasteiger partial charge >= 0.3 is 24.1 Å². The Morgan fingerprint density at radius 3 is 1.64 bits per heavy atom. The second-order valence-electron chi connectivity index (χ2n) is 15.3. The molecule has 0 radical (unpaired) electrons. The molecule has 4 aromatic carbocycles. The maximum atomic E-state index is 13.0. The number of para-hydroxylation sites is 2. The summed E-state index contributed by atoms with van der Waals surface area (Å²) in [6, 6.07) is 31.2. The van der Waals surface area contributed by atoms with Gasteiger partial charge in [-0.1, -0.05) is 72.8 Å². The van der Waals surface area contributed by atoms with E-state index in [1.54, 1.807) is 72.9 Å². The third-order valence-corrected chi connectivity index (χ3v) is 8.32. The number of carbonyl (C=O) groups is 3. The van der Waals surface area contributed by atoms with Crippen LogP contribution in [-0.2, 0) is 32.0 Å². The number of nitrogens with one attached hydrogen (secondary N) is 1. The average Bonchev–Trinajstić information content (AvgIpc) is 3.36. The van der Waals surface area contributed by atoms with Crippen LogP contribution in [0.15, 0.2) is 111 Å². The third kappa shape index (κ3) is 14.9. The average molecular weight is 899 g/mol. The minimum absolute atomic E-state index is 0.377. The molecule has 0 amide bonds. The van der Waals surface area contributed by atoms with Gasteiger partial charge in [0.15, 0.2) is 0 Å². The van der Waals surface area contributed by atoms with Crippen LogP contribution in [0.5, 0.6) is 0 Å². The summed E-state index contributed by atoms with van der Waals surface area (Å²) < 4.78 is 23.5. The van der Waals surface area contributed by atoms with Gasteiger partial charge in [0.25, 0.3) is 0 Å². The summed E-state index contributed by atoms with van der Waals surface area (Å²) in [4.78, 5) is 47.6. The van der Waals surface area contributed by atoms with Crippen molar-refractivity contribution in [3.8, 4) is 0 Å². The van der Waals surface area contributed by atoms with Gasteiger partial charge in [0, 0.05) is 15.5 Å². The van der Waals surface area contributed by atoms with E-state index in [-0.39, 0.29) is 0 Å². The molecule has 0 aliphatic carbocycles. The molecule has 0 fully saturated rings. The van der Waals surface area contributed by atoms with Crippen molar-refractivity contribution in [3.63, 3.8) is 0 Å². The number of nitrogen functional groups attached to an aromatic ring is 1. The Kier molecular flexibility index (Phi) is 15.9. The van der Waals surface area contributed by atoms with Crippen molar-refractivity contribution >= 4 is 72.7 Å². The van der Waals surface area contributed by atoms with Crippen molar-refractivity contribution in [2.24, 2.45) is 0 Å². The number of nitrogens with zero attached hydrogens (tertiary/aromatic N) is 2. The monoisotopic (exact) mass is 896 g/mol. The maximum absolute atomic E-state index is 13.0. The van der Waals surface area contributed by atoms with E-state index in [1.165, 1.54) is 5.56 Å². The van der Waals surface area contributed by atoms with Crippen molar-refractivity contribution in [3.05, 3.63) is 128 Å². The number of nitrogens with two attached hydrogens (primary N) is 1. The Morgan fingerprint density at radius 2 is 1.12 bits per heavy atom. The Bertz CT molecular complexity index is 2120. The molecule has 5 rings (SSSR count). The largest absolute Gasteiger partial charge is 0.519 e. The van der Waals surface area contributed by atoms with E-state index in [9.17, 15) is 19.2 Å². The minimum atomic E-state index is -1.06. The lowest BCUT2D eigenvalue weighted by Crippen LogP contribution is -2.34. The van der Waals surface area contributed by atoms with Gasteiger partial charge in [-0.05, 0) is 130 Å². The van der Waals surface area contributed by atoms with Gasteiger partial charge < -0.3 is 30.0 Å². The number of rotatable bonds is 5. The Labute approximate surface area is 344 Å². The zero-order valence-electron chi connectivity index (χ0n) is 33.1. The highest BCUT2D eigenvalue weighted by Gasteiger charge is 2.26. The number of halogens is 2. The number of aromatic nitrogens is 2. The summed E-state index contributed by atoms with van der Waals surface area (Å²) in [6.45, 7) is 16.5. The zero-order chi connectivity index (χ0) is 41.8. The van der Waals surface area contributed by atoms with Crippen molar-refractivity contribution in [2.75, 3.05) is 11.1 Å². The molecular weight excluding hydrogens is 848 g/mol. The molecule has 1 heterocycles. The van der Waals surface area contributed by atoms with Crippen LogP contribution in [0.2, 0.25) is 0 Å². The van der Waals surface area contributed by atoms with E-state index in [2.05, 4.69) is 54.0 Å². The summed E-state index contributed by atoms with van der Waals surface area (Å²) in [5.41, 5.74) is 8.55. The topological polar surface area (TPSA) is 153 Å². The van der Waals surface area contributed by atoms with E-state index in [0.717, 1.165) is 32.5 Å².